The van der Waals surface area contributed by atoms with Crippen molar-refractivity contribution in [3.8, 4) is 0 Å². The Morgan fingerprint density at radius 2 is 2.21 bits per heavy atom. The molecule has 0 bridgehead atoms. The standard InChI is InChI=1S/C12H16FN/c13-12(8-14)11-6-2-5-10(7-11)9-3-1-4-9/h2,5-7,9,12H,1,3-4,8,14H2. The third-order valence-corrected chi connectivity index (χ3v) is 3.06. The van der Waals surface area contributed by atoms with Gasteiger partial charge in [-0.25, -0.2) is 4.39 Å². The zero-order valence-corrected chi connectivity index (χ0v) is 8.25. The summed E-state index contributed by atoms with van der Waals surface area (Å²) in [7, 11) is 0. The lowest BCUT2D eigenvalue weighted by molar-refractivity contribution is 0.351. The minimum atomic E-state index is -1.00. The molecule has 0 amide bonds. The second-order valence-electron chi connectivity index (χ2n) is 4.00. The molecule has 76 valence electrons. The maximum absolute atomic E-state index is 13.3. The van der Waals surface area contributed by atoms with Gasteiger partial charge in [-0.3, -0.25) is 0 Å². The van der Waals surface area contributed by atoms with E-state index in [0.29, 0.717) is 5.92 Å². The maximum Gasteiger partial charge on any atom is 0.137 e. The van der Waals surface area contributed by atoms with Crippen LogP contribution in [-0.4, -0.2) is 6.54 Å². The zero-order chi connectivity index (χ0) is 9.97. The first-order valence-electron chi connectivity index (χ1n) is 5.25. The quantitative estimate of drug-likeness (QED) is 0.784. The molecular formula is C12H16FN. The minimum Gasteiger partial charge on any atom is -0.327 e. The van der Waals surface area contributed by atoms with Crippen LogP contribution in [0.15, 0.2) is 24.3 Å². The molecule has 1 fully saturated rings. The van der Waals surface area contributed by atoms with E-state index < -0.39 is 6.17 Å². The average Bonchev–Trinajstić information content (AvgIpc) is 2.14. The Kier molecular flexibility index (Phi) is 2.82. The van der Waals surface area contributed by atoms with Crippen molar-refractivity contribution < 1.29 is 4.39 Å². The van der Waals surface area contributed by atoms with Gasteiger partial charge in [0.05, 0.1) is 0 Å². The molecule has 0 heterocycles. The molecule has 0 aromatic heterocycles. The van der Waals surface area contributed by atoms with E-state index in [1.807, 2.05) is 18.2 Å². The predicted octanol–water partition coefficient (Wildman–Crippen LogP) is 2.92. The largest absolute Gasteiger partial charge is 0.327 e. The van der Waals surface area contributed by atoms with Gasteiger partial charge in [0.25, 0.3) is 0 Å². The van der Waals surface area contributed by atoms with Gasteiger partial charge in [0.1, 0.15) is 6.17 Å². The van der Waals surface area contributed by atoms with Crippen molar-refractivity contribution in [3.05, 3.63) is 35.4 Å². The number of benzene rings is 1. The van der Waals surface area contributed by atoms with Crippen LogP contribution < -0.4 is 5.73 Å². The van der Waals surface area contributed by atoms with Crippen LogP contribution in [0, 0.1) is 0 Å². The van der Waals surface area contributed by atoms with Gasteiger partial charge in [-0.2, -0.15) is 0 Å². The van der Waals surface area contributed by atoms with E-state index >= 15 is 0 Å². The Balaban J connectivity index is 2.17. The van der Waals surface area contributed by atoms with Crippen LogP contribution in [0.25, 0.3) is 0 Å². The van der Waals surface area contributed by atoms with Gasteiger partial charge in [-0.05, 0) is 29.9 Å². The Morgan fingerprint density at radius 3 is 2.79 bits per heavy atom. The Hall–Kier alpha value is -0.890. The highest BCUT2D eigenvalue weighted by molar-refractivity contribution is 5.29. The molecule has 2 N–H and O–H groups in total. The summed E-state index contributed by atoms with van der Waals surface area (Å²) in [5, 5.41) is 0. The number of alkyl halides is 1. The summed E-state index contributed by atoms with van der Waals surface area (Å²) in [6.45, 7) is 0.0775. The number of nitrogens with two attached hydrogens (primary N) is 1. The molecule has 1 unspecified atom stereocenters. The number of hydrogen-bond acceptors (Lipinski definition) is 1. The molecule has 1 nitrogen and oxygen atoms in total. The molecule has 2 rings (SSSR count). The molecule has 2 heteroatoms. The normalized spacial score (nSPS) is 19.0. The third-order valence-electron chi connectivity index (χ3n) is 3.06. The second kappa shape index (κ2) is 4.09. The molecule has 14 heavy (non-hydrogen) atoms. The first-order valence-corrected chi connectivity index (χ1v) is 5.25. The highest BCUT2D eigenvalue weighted by atomic mass is 19.1. The highest BCUT2D eigenvalue weighted by Gasteiger charge is 2.20. The van der Waals surface area contributed by atoms with Gasteiger partial charge < -0.3 is 5.73 Å². The topological polar surface area (TPSA) is 26.0 Å². The lowest BCUT2D eigenvalue weighted by atomic mass is 9.79. The van der Waals surface area contributed by atoms with Crippen molar-refractivity contribution in [1.82, 2.24) is 0 Å². The van der Waals surface area contributed by atoms with E-state index in [2.05, 4.69) is 6.07 Å². The van der Waals surface area contributed by atoms with Gasteiger partial charge in [-0.15, -0.1) is 0 Å². The molecule has 1 atom stereocenters. The number of halogens is 1. The summed E-state index contributed by atoms with van der Waals surface area (Å²) in [5.74, 6) is 0.667. The lowest BCUT2D eigenvalue weighted by Gasteiger charge is -2.26. The van der Waals surface area contributed by atoms with Crippen LogP contribution in [0.5, 0.6) is 0 Å². The first kappa shape index (κ1) is 9.66. The number of rotatable bonds is 3. The fourth-order valence-corrected chi connectivity index (χ4v) is 1.89. The predicted molar refractivity (Wildman–Crippen MR) is 55.9 cm³/mol. The van der Waals surface area contributed by atoms with Crippen LogP contribution in [0.4, 0.5) is 4.39 Å². The molecule has 1 aromatic rings. The zero-order valence-electron chi connectivity index (χ0n) is 8.25. The molecule has 1 aliphatic carbocycles. The van der Waals surface area contributed by atoms with E-state index in [1.54, 1.807) is 0 Å². The van der Waals surface area contributed by atoms with Crippen LogP contribution in [0.1, 0.15) is 42.5 Å². The smallest absolute Gasteiger partial charge is 0.137 e. The number of hydrogen-bond donors (Lipinski definition) is 1. The van der Waals surface area contributed by atoms with Crippen molar-refractivity contribution in [3.63, 3.8) is 0 Å². The Morgan fingerprint density at radius 1 is 1.43 bits per heavy atom. The highest BCUT2D eigenvalue weighted by Crippen LogP contribution is 2.37. The summed E-state index contributed by atoms with van der Waals surface area (Å²) >= 11 is 0. The van der Waals surface area contributed by atoms with Crippen molar-refractivity contribution in [2.75, 3.05) is 6.54 Å². The van der Waals surface area contributed by atoms with Crippen LogP contribution in [0.2, 0.25) is 0 Å². The van der Waals surface area contributed by atoms with Crippen LogP contribution in [0.3, 0.4) is 0 Å². The second-order valence-corrected chi connectivity index (χ2v) is 4.00. The van der Waals surface area contributed by atoms with Gasteiger partial charge in [0.2, 0.25) is 0 Å². The lowest BCUT2D eigenvalue weighted by Crippen LogP contribution is -2.11. The van der Waals surface area contributed by atoms with Crippen molar-refractivity contribution in [1.29, 1.82) is 0 Å². The van der Waals surface area contributed by atoms with Gasteiger partial charge in [0.15, 0.2) is 0 Å². The summed E-state index contributed by atoms with van der Waals surface area (Å²) in [6, 6.07) is 7.82. The van der Waals surface area contributed by atoms with E-state index in [1.165, 1.54) is 24.8 Å². The Bertz CT molecular complexity index is 287. The van der Waals surface area contributed by atoms with Crippen LogP contribution >= 0.6 is 0 Å². The summed E-state index contributed by atoms with van der Waals surface area (Å²) in [4.78, 5) is 0. The van der Waals surface area contributed by atoms with Crippen molar-refractivity contribution in [2.24, 2.45) is 5.73 Å². The SMILES string of the molecule is NCC(F)c1cccc(C2CCC2)c1. The fourth-order valence-electron chi connectivity index (χ4n) is 1.89. The summed E-state index contributed by atoms with van der Waals surface area (Å²) in [6.07, 6.45) is 2.81. The fraction of sp³-hybridized carbons (Fsp3) is 0.500. The van der Waals surface area contributed by atoms with Crippen LogP contribution in [-0.2, 0) is 0 Å². The van der Waals surface area contributed by atoms with Crippen molar-refractivity contribution in [2.45, 2.75) is 31.4 Å². The third kappa shape index (κ3) is 1.80. The van der Waals surface area contributed by atoms with E-state index in [9.17, 15) is 4.39 Å². The molecule has 0 saturated heterocycles. The molecule has 0 radical (unpaired) electrons. The van der Waals surface area contributed by atoms with E-state index in [0.717, 1.165) is 5.56 Å². The summed E-state index contributed by atoms with van der Waals surface area (Å²) in [5.41, 5.74) is 7.32. The van der Waals surface area contributed by atoms with E-state index in [4.69, 9.17) is 5.73 Å². The molecule has 1 aromatic carbocycles. The monoisotopic (exact) mass is 193 g/mol. The molecule has 0 aliphatic heterocycles. The summed E-state index contributed by atoms with van der Waals surface area (Å²) < 4.78 is 13.3. The van der Waals surface area contributed by atoms with Crippen molar-refractivity contribution >= 4 is 0 Å². The van der Waals surface area contributed by atoms with Gasteiger partial charge in [0, 0.05) is 6.54 Å². The molecule has 1 aliphatic rings. The van der Waals surface area contributed by atoms with Gasteiger partial charge >= 0.3 is 0 Å². The maximum atomic E-state index is 13.3. The van der Waals surface area contributed by atoms with Gasteiger partial charge in [-0.1, -0.05) is 30.7 Å². The van der Waals surface area contributed by atoms with E-state index in [-0.39, 0.29) is 6.54 Å². The first-order chi connectivity index (χ1) is 6.81. The molecule has 0 spiro atoms. The molecular weight excluding hydrogens is 177 g/mol. The molecule has 1 saturated carbocycles. The Labute approximate surface area is 84.1 Å². The average molecular weight is 193 g/mol. The minimum absolute atomic E-state index is 0.0775.